The molecule has 1 heterocycles. The van der Waals surface area contributed by atoms with Crippen LogP contribution in [0.3, 0.4) is 0 Å². The molecule has 0 aliphatic heterocycles. The first-order valence-corrected chi connectivity index (χ1v) is 14.2. The van der Waals surface area contributed by atoms with E-state index < -0.39 is 0 Å². The molecule has 2 aromatic carbocycles. The Morgan fingerprint density at radius 1 is 1.03 bits per heavy atom. The Morgan fingerprint density at radius 3 is 2.74 bits per heavy atom. The molecule has 0 bridgehead atoms. The van der Waals surface area contributed by atoms with Crippen molar-refractivity contribution in [1.29, 1.82) is 0 Å². The average molecular weight is 487 g/mol. The molecule has 0 amide bonds. The predicted molar refractivity (Wildman–Crippen MR) is 152 cm³/mol. The lowest BCUT2D eigenvalue weighted by Gasteiger charge is -2.26. The van der Waals surface area contributed by atoms with Gasteiger partial charge in [-0.3, -0.25) is 0 Å². The average Bonchev–Trinajstić information content (AvgIpc) is 3.25. The van der Waals surface area contributed by atoms with Crippen LogP contribution < -0.4 is 5.32 Å². The molecule has 0 unspecified atom stereocenters. The van der Waals surface area contributed by atoms with E-state index in [1.54, 1.807) is 0 Å². The molecule has 2 aliphatic rings. The maximum absolute atomic E-state index is 6.37. The second kappa shape index (κ2) is 11.5. The van der Waals surface area contributed by atoms with Gasteiger partial charge in [-0.25, -0.2) is 0 Å². The predicted octanol–water partition coefficient (Wildman–Crippen LogP) is 9.88. The Balaban J connectivity index is 1.48. The number of hydrogen-bond donors (Lipinski definition) is 1. The summed E-state index contributed by atoms with van der Waals surface area (Å²) in [5.41, 5.74) is 8.12. The van der Waals surface area contributed by atoms with Crippen LogP contribution in [0, 0.1) is 0 Å². The number of nitrogens with zero attached hydrogens (tertiary/aromatic N) is 1. The number of anilines is 1. The van der Waals surface area contributed by atoms with Crippen molar-refractivity contribution in [3.8, 4) is 0 Å². The zero-order valence-corrected chi connectivity index (χ0v) is 21.9. The Kier molecular flexibility index (Phi) is 7.99. The number of nitrogens with one attached hydrogen (secondary N) is 1. The van der Waals surface area contributed by atoms with Gasteiger partial charge in [-0.15, -0.1) is 0 Å². The third kappa shape index (κ3) is 5.70. The van der Waals surface area contributed by atoms with Gasteiger partial charge >= 0.3 is 0 Å². The summed E-state index contributed by atoms with van der Waals surface area (Å²) in [6.07, 6.45) is 22.1. The Labute approximate surface area is 216 Å². The monoisotopic (exact) mass is 486 g/mol. The SMILES string of the molecule is CCCC/C=C(\C=C\c1cc2cc(Cl)ccc2n1C1CCCCC1)Nc1cccc2c1CCCC2. The number of rotatable bonds is 8. The molecule has 2 aliphatic carbocycles. The third-order valence-corrected chi connectivity index (χ3v) is 8.04. The van der Waals surface area contributed by atoms with Crippen LogP contribution >= 0.6 is 11.6 Å². The lowest BCUT2D eigenvalue weighted by Crippen LogP contribution is -2.13. The maximum atomic E-state index is 6.37. The van der Waals surface area contributed by atoms with Crippen LogP contribution in [0.4, 0.5) is 5.69 Å². The molecule has 1 fully saturated rings. The van der Waals surface area contributed by atoms with Crippen molar-refractivity contribution in [1.82, 2.24) is 4.57 Å². The summed E-state index contributed by atoms with van der Waals surface area (Å²) in [6, 6.07) is 16.0. The first kappa shape index (κ1) is 24.3. The largest absolute Gasteiger partial charge is 0.356 e. The molecule has 0 spiro atoms. The summed E-state index contributed by atoms with van der Waals surface area (Å²) in [5.74, 6) is 0. The van der Waals surface area contributed by atoms with Gasteiger partial charge in [0.25, 0.3) is 0 Å². The van der Waals surface area contributed by atoms with E-state index in [0.717, 1.165) is 11.4 Å². The topological polar surface area (TPSA) is 17.0 Å². The quantitative estimate of drug-likeness (QED) is 0.247. The van der Waals surface area contributed by atoms with Crippen molar-refractivity contribution in [2.75, 3.05) is 5.32 Å². The van der Waals surface area contributed by atoms with Crippen molar-refractivity contribution >= 4 is 34.3 Å². The first-order chi connectivity index (χ1) is 17.2. The third-order valence-electron chi connectivity index (χ3n) is 7.80. The van der Waals surface area contributed by atoms with E-state index in [4.69, 9.17) is 11.6 Å². The van der Waals surface area contributed by atoms with Crippen molar-refractivity contribution in [2.45, 2.75) is 90.0 Å². The molecule has 3 heteroatoms. The zero-order chi connectivity index (χ0) is 24.0. The van der Waals surface area contributed by atoms with Gasteiger partial charge in [0.05, 0.1) is 0 Å². The Hall–Kier alpha value is -2.45. The summed E-state index contributed by atoms with van der Waals surface area (Å²) in [7, 11) is 0. The minimum atomic E-state index is 0.573. The maximum Gasteiger partial charge on any atom is 0.0488 e. The molecule has 1 N–H and O–H groups in total. The molecule has 5 rings (SSSR count). The standard InChI is InChI=1S/C32H39ClN2/c1-2-3-5-13-27(34-31-17-10-12-24-11-8-9-16-30(24)31)19-20-29-23-25-22-26(33)18-21-32(25)35(29)28-14-6-4-7-15-28/h10,12-13,17-23,28,34H,2-9,11,14-16H2,1H3/b20-19+,27-13+. The highest BCUT2D eigenvalue weighted by atomic mass is 35.5. The first-order valence-electron chi connectivity index (χ1n) is 13.8. The van der Waals surface area contributed by atoms with Gasteiger partial charge < -0.3 is 9.88 Å². The molecule has 1 aromatic heterocycles. The van der Waals surface area contributed by atoms with Crippen molar-refractivity contribution < 1.29 is 0 Å². The number of fused-ring (bicyclic) bond motifs is 2. The second-order valence-corrected chi connectivity index (χ2v) is 10.8. The number of benzene rings is 2. The van der Waals surface area contributed by atoms with E-state index in [2.05, 4.69) is 71.4 Å². The fourth-order valence-electron chi connectivity index (χ4n) is 5.96. The minimum absolute atomic E-state index is 0.573. The number of aromatic nitrogens is 1. The normalized spacial score (nSPS) is 17.3. The number of halogens is 1. The molecule has 35 heavy (non-hydrogen) atoms. The number of unbranched alkanes of at least 4 members (excludes halogenated alkanes) is 2. The van der Waals surface area contributed by atoms with Crippen molar-refractivity contribution in [3.63, 3.8) is 0 Å². The van der Waals surface area contributed by atoms with E-state index in [0.29, 0.717) is 6.04 Å². The van der Waals surface area contributed by atoms with Gasteiger partial charge in [-0.1, -0.05) is 62.4 Å². The fourth-order valence-corrected chi connectivity index (χ4v) is 6.14. The van der Waals surface area contributed by atoms with Gasteiger partial charge in [-0.05, 0) is 105 Å². The highest BCUT2D eigenvalue weighted by Gasteiger charge is 2.20. The Morgan fingerprint density at radius 2 is 1.89 bits per heavy atom. The molecule has 1 saturated carbocycles. The van der Waals surface area contributed by atoms with E-state index in [-0.39, 0.29) is 0 Å². The molecule has 0 atom stereocenters. The van der Waals surface area contributed by atoms with E-state index >= 15 is 0 Å². The molecule has 184 valence electrons. The van der Waals surface area contributed by atoms with Crippen LogP contribution in [0.25, 0.3) is 17.0 Å². The molecule has 0 saturated heterocycles. The van der Waals surface area contributed by atoms with Gasteiger partial charge in [0.2, 0.25) is 0 Å². The molecule has 0 radical (unpaired) electrons. The van der Waals surface area contributed by atoms with Crippen LogP contribution in [0.15, 0.2) is 60.3 Å². The van der Waals surface area contributed by atoms with E-state index in [9.17, 15) is 0 Å². The summed E-state index contributed by atoms with van der Waals surface area (Å²) in [5, 5.41) is 5.87. The highest BCUT2D eigenvalue weighted by Crippen LogP contribution is 2.35. The minimum Gasteiger partial charge on any atom is -0.356 e. The summed E-state index contributed by atoms with van der Waals surface area (Å²) < 4.78 is 2.58. The van der Waals surface area contributed by atoms with Crippen LogP contribution in [0.2, 0.25) is 5.02 Å². The van der Waals surface area contributed by atoms with Crippen LogP contribution in [0.1, 0.15) is 94.0 Å². The number of hydrogen-bond acceptors (Lipinski definition) is 1. The summed E-state index contributed by atoms with van der Waals surface area (Å²) >= 11 is 6.37. The van der Waals surface area contributed by atoms with Gasteiger partial charge in [-0.2, -0.15) is 0 Å². The molecule has 2 nitrogen and oxygen atoms in total. The van der Waals surface area contributed by atoms with Crippen LogP contribution in [-0.4, -0.2) is 4.57 Å². The van der Waals surface area contributed by atoms with Crippen molar-refractivity contribution in [2.24, 2.45) is 0 Å². The summed E-state index contributed by atoms with van der Waals surface area (Å²) in [6.45, 7) is 2.26. The second-order valence-electron chi connectivity index (χ2n) is 10.3. The van der Waals surface area contributed by atoms with Gasteiger partial charge in [0.15, 0.2) is 0 Å². The fraction of sp³-hybridized carbons (Fsp3) is 0.438. The molecular weight excluding hydrogens is 448 g/mol. The molecular formula is C32H39ClN2. The lowest BCUT2D eigenvalue weighted by atomic mass is 9.90. The van der Waals surface area contributed by atoms with Gasteiger partial charge in [0, 0.05) is 39.0 Å². The number of aryl methyl sites for hydroxylation is 1. The highest BCUT2D eigenvalue weighted by molar-refractivity contribution is 6.31. The van der Waals surface area contributed by atoms with Crippen LogP contribution in [0.5, 0.6) is 0 Å². The smallest absolute Gasteiger partial charge is 0.0488 e. The lowest BCUT2D eigenvalue weighted by molar-refractivity contribution is 0.359. The van der Waals surface area contributed by atoms with Crippen molar-refractivity contribution in [3.05, 3.63) is 82.2 Å². The van der Waals surface area contributed by atoms with Gasteiger partial charge in [0.1, 0.15) is 0 Å². The van der Waals surface area contributed by atoms with E-state index in [1.807, 2.05) is 6.07 Å². The zero-order valence-electron chi connectivity index (χ0n) is 21.2. The van der Waals surface area contributed by atoms with Crippen LogP contribution in [-0.2, 0) is 12.8 Å². The Bertz CT molecular complexity index is 1210. The van der Waals surface area contributed by atoms with E-state index in [1.165, 1.54) is 110 Å². The summed E-state index contributed by atoms with van der Waals surface area (Å²) in [4.78, 5) is 0. The molecule has 3 aromatic rings. The number of allylic oxidation sites excluding steroid dienone is 2.